The van der Waals surface area contributed by atoms with Crippen LogP contribution in [0.3, 0.4) is 0 Å². The fraction of sp³-hybridized carbons (Fsp3) is 0.944. The van der Waals surface area contributed by atoms with Crippen LogP contribution < -0.4 is 5.73 Å². The van der Waals surface area contributed by atoms with E-state index in [9.17, 15) is 4.79 Å². The molecule has 0 spiro atoms. The number of carbonyl (C=O) groups is 1. The SMILES string of the molecule is CCCC1CCC(C2CCC(OC(=O)CCN)CC2)CC1. The molecule has 0 unspecified atom stereocenters. The summed E-state index contributed by atoms with van der Waals surface area (Å²) in [5, 5.41) is 0. The minimum absolute atomic E-state index is 0.110. The van der Waals surface area contributed by atoms with Crippen LogP contribution in [0, 0.1) is 17.8 Å². The van der Waals surface area contributed by atoms with Crippen LogP contribution in [0.1, 0.15) is 77.6 Å². The van der Waals surface area contributed by atoms with Crippen molar-refractivity contribution in [2.24, 2.45) is 23.5 Å². The van der Waals surface area contributed by atoms with Crippen molar-refractivity contribution >= 4 is 5.97 Å². The quantitative estimate of drug-likeness (QED) is 0.752. The average molecular weight is 295 g/mol. The van der Waals surface area contributed by atoms with Crippen molar-refractivity contribution in [1.29, 1.82) is 0 Å². The first-order valence-electron chi connectivity index (χ1n) is 9.12. The molecule has 0 aromatic heterocycles. The van der Waals surface area contributed by atoms with Gasteiger partial charge in [0.25, 0.3) is 0 Å². The lowest BCUT2D eigenvalue weighted by molar-refractivity contribution is -0.151. The largest absolute Gasteiger partial charge is 0.462 e. The van der Waals surface area contributed by atoms with Gasteiger partial charge in [-0.15, -0.1) is 0 Å². The Bertz CT molecular complexity index is 302. The van der Waals surface area contributed by atoms with Gasteiger partial charge in [0.15, 0.2) is 0 Å². The van der Waals surface area contributed by atoms with Crippen molar-refractivity contribution in [1.82, 2.24) is 0 Å². The van der Waals surface area contributed by atoms with Gasteiger partial charge in [-0.1, -0.05) is 32.6 Å². The summed E-state index contributed by atoms with van der Waals surface area (Å²) in [5.74, 6) is 2.72. The number of hydrogen-bond donors (Lipinski definition) is 1. The van der Waals surface area contributed by atoms with Crippen molar-refractivity contribution in [2.45, 2.75) is 83.7 Å². The minimum atomic E-state index is -0.110. The molecule has 0 atom stereocenters. The topological polar surface area (TPSA) is 52.3 Å². The Balaban J connectivity index is 1.66. The van der Waals surface area contributed by atoms with Crippen LogP contribution in [-0.4, -0.2) is 18.6 Å². The van der Waals surface area contributed by atoms with Crippen molar-refractivity contribution in [3.05, 3.63) is 0 Å². The van der Waals surface area contributed by atoms with Gasteiger partial charge in [-0.3, -0.25) is 4.79 Å². The predicted octanol–water partition coefficient (Wildman–Crippen LogP) is 4.04. The predicted molar refractivity (Wildman–Crippen MR) is 85.9 cm³/mol. The minimum Gasteiger partial charge on any atom is -0.462 e. The molecule has 3 nitrogen and oxygen atoms in total. The molecule has 0 bridgehead atoms. The van der Waals surface area contributed by atoms with Gasteiger partial charge in [-0.05, 0) is 56.3 Å². The molecule has 2 rings (SSSR count). The van der Waals surface area contributed by atoms with E-state index in [1.165, 1.54) is 51.4 Å². The number of ether oxygens (including phenoxy) is 1. The van der Waals surface area contributed by atoms with E-state index in [-0.39, 0.29) is 12.1 Å². The fourth-order valence-corrected chi connectivity index (χ4v) is 4.40. The maximum Gasteiger partial charge on any atom is 0.307 e. The number of rotatable bonds is 6. The van der Waals surface area contributed by atoms with E-state index in [4.69, 9.17) is 10.5 Å². The molecule has 122 valence electrons. The van der Waals surface area contributed by atoms with Gasteiger partial charge in [0.1, 0.15) is 6.10 Å². The molecule has 0 saturated heterocycles. The highest BCUT2D eigenvalue weighted by Crippen LogP contribution is 2.41. The van der Waals surface area contributed by atoms with E-state index < -0.39 is 0 Å². The Morgan fingerprint density at radius 2 is 1.57 bits per heavy atom. The monoisotopic (exact) mass is 295 g/mol. The average Bonchev–Trinajstić information content (AvgIpc) is 2.49. The fourth-order valence-electron chi connectivity index (χ4n) is 4.40. The summed E-state index contributed by atoms with van der Waals surface area (Å²) in [5.41, 5.74) is 5.39. The van der Waals surface area contributed by atoms with Crippen molar-refractivity contribution in [2.75, 3.05) is 6.54 Å². The molecule has 0 aliphatic heterocycles. The molecule has 2 aliphatic rings. The molecule has 3 heteroatoms. The van der Waals surface area contributed by atoms with E-state index in [1.54, 1.807) is 0 Å². The van der Waals surface area contributed by atoms with Crippen LogP contribution in [0.15, 0.2) is 0 Å². The van der Waals surface area contributed by atoms with Crippen molar-refractivity contribution in [3.8, 4) is 0 Å². The lowest BCUT2D eigenvalue weighted by Crippen LogP contribution is -2.30. The van der Waals surface area contributed by atoms with E-state index in [0.717, 1.165) is 30.6 Å². The second-order valence-electron chi connectivity index (χ2n) is 7.13. The van der Waals surface area contributed by atoms with Gasteiger partial charge in [0.05, 0.1) is 6.42 Å². The Morgan fingerprint density at radius 1 is 1.00 bits per heavy atom. The number of nitrogens with two attached hydrogens (primary N) is 1. The summed E-state index contributed by atoms with van der Waals surface area (Å²) in [7, 11) is 0. The van der Waals surface area contributed by atoms with Crippen LogP contribution in [0.4, 0.5) is 0 Å². The molecule has 2 N–H and O–H groups in total. The van der Waals surface area contributed by atoms with Gasteiger partial charge in [-0.2, -0.15) is 0 Å². The molecule has 2 saturated carbocycles. The van der Waals surface area contributed by atoms with Gasteiger partial charge >= 0.3 is 5.97 Å². The maximum absolute atomic E-state index is 11.5. The summed E-state index contributed by atoms with van der Waals surface area (Å²) in [4.78, 5) is 11.5. The Kier molecular flexibility index (Phi) is 7.01. The highest BCUT2D eigenvalue weighted by Gasteiger charge is 2.31. The lowest BCUT2D eigenvalue weighted by Gasteiger charge is -2.37. The zero-order valence-electron chi connectivity index (χ0n) is 13.7. The third-order valence-electron chi connectivity index (χ3n) is 5.62. The first-order valence-corrected chi connectivity index (χ1v) is 9.12. The van der Waals surface area contributed by atoms with Crippen LogP contribution in [0.25, 0.3) is 0 Å². The van der Waals surface area contributed by atoms with Crippen LogP contribution in [0.2, 0.25) is 0 Å². The molecule has 0 aromatic rings. The van der Waals surface area contributed by atoms with E-state index in [2.05, 4.69) is 6.92 Å². The van der Waals surface area contributed by atoms with E-state index in [1.807, 2.05) is 0 Å². The Hall–Kier alpha value is -0.570. The molecular formula is C18H33NO2. The van der Waals surface area contributed by atoms with Crippen LogP contribution >= 0.6 is 0 Å². The third-order valence-corrected chi connectivity index (χ3v) is 5.62. The van der Waals surface area contributed by atoms with Gasteiger partial charge < -0.3 is 10.5 Å². The standard InChI is InChI=1S/C18H33NO2/c1-2-3-14-4-6-15(7-5-14)16-8-10-17(11-9-16)21-18(20)12-13-19/h14-17H,2-13,19H2,1H3. The zero-order valence-corrected chi connectivity index (χ0v) is 13.7. The van der Waals surface area contributed by atoms with E-state index >= 15 is 0 Å². The Morgan fingerprint density at radius 3 is 2.10 bits per heavy atom. The van der Waals surface area contributed by atoms with Gasteiger partial charge in [-0.25, -0.2) is 0 Å². The normalized spacial score (nSPS) is 33.6. The lowest BCUT2D eigenvalue weighted by atomic mass is 9.70. The molecule has 2 fully saturated rings. The first-order chi connectivity index (χ1) is 10.2. The molecule has 0 amide bonds. The second kappa shape index (κ2) is 8.77. The molecule has 21 heavy (non-hydrogen) atoms. The summed E-state index contributed by atoms with van der Waals surface area (Å²) >= 11 is 0. The summed E-state index contributed by atoms with van der Waals surface area (Å²) in [6.07, 6.45) is 13.7. The highest BCUT2D eigenvalue weighted by atomic mass is 16.5. The van der Waals surface area contributed by atoms with Gasteiger partial charge in [0, 0.05) is 6.54 Å². The Labute approximate surface area is 130 Å². The molecule has 0 heterocycles. The van der Waals surface area contributed by atoms with E-state index in [0.29, 0.717) is 13.0 Å². The van der Waals surface area contributed by atoms with Crippen molar-refractivity contribution in [3.63, 3.8) is 0 Å². The number of hydrogen-bond acceptors (Lipinski definition) is 3. The summed E-state index contributed by atoms with van der Waals surface area (Å²) < 4.78 is 5.50. The molecule has 0 aromatic carbocycles. The molecular weight excluding hydrogens is 262 g/mol. The maximum atomic E-state index is 11.5. The molecule has 0 radical (unpaired) electrons. The summed E-state index contributed by atoms with van der Waals surface area (Å²) in [6.45, 7) is 2.70. The smallest absolute Gasteiger partial charge is 0.307 e. The molecule has 2 aliphatic carbocycles. The number of carbonyl (C=O) groups excluding carboxylic acids is 1. The van der Waals surface area contributed by atoms with Gasteiger partial charge in [0.2, 0.25) is 0 Å². The summed E-state index contributed by atoms with van der Waals surface area (Å²) in [6, 6.07) is 0. The van der Waals surface area contributed by atoms with Crippen LogP contribution in [-0.2, 0) is 9.53 Å². The highest BCUT2D eigenvalue weighted by molar-refractivity contribution is 5.69. The second-order valence-corrected chi connectivity index (χ2v) is 7.13. The van der Waals surface area contributed by atoms with Crippen molar-refractivity contribution < 1.29 is 9.53 Å². The first kappa shape index (κ1) is 16.8. The number of esters is 1. The third kappa shape index (κ3) is 5.28. The van der Waals surface area contributed by atoms with Crippen LogP contribution in [0.5, 0.6) is 0 Å². The zero-order chi connectivity index (χ0) is 15.1.